The van der Waals surface area contributed by atoms with Crippen LogP contribution in [0, 0.1) is 0 Å². The number of aromatic nitrogens is 3. The van der Waals surface area contributed by atoms with E-state index in [4.69, 9.17) is 0 Å². The molecule has 0 amide bonds. The highest BCUT2D eigenvalue weighted by Crippen LogP contribution is 2.33. The van der Waals surface area contributed by atoms with E-state index in [1.165, 1.54) is 86.2 Å². The van der Waals surface area contributed by atoms with Crippen LogP contribution >= 0.6 is 0 Å². The molecule has 0 saturated carbocycles. The van der Waals surface area contributed by atoms with Crippen LogP contribution in [-0.4, -0.2) is 21.8 Å². The molecule has 0 fully saturated rings. The van der Waals surface area contributed by atoms with Crippen molar-refractivity contribution in [3.8, 4) is 0 Å². The Labute approximate surface area is 305 Å². The molecule has 3 nitrogen and oxygen atoms in total. The molecule has 0 unspecified atom stereocenters. The zero-order valence-electron chi connectivity index (χ0n) is 30.0. The third-order valence-corrected chi connectivity index (χ3v) is 16.5. The summed E-state index contributed by atoms with van der Waals surface area (Å²) in [5.41, 5.74) is 7.79. The van der Waals surface area contributed by atoms with Crippen LogP contribution in [-0.2, 0) is 19.6 Å². The van der Waals surface area contributed by atoms with Crippen LogP contribution in [0.5, 0.6) is 0 Å². The molecule has 0 saturated heterocycles. The molecule has 0 atom stereocenters. The molecule has 10 aromatic rings. The molecule has 0 radical (unpaired) electrons. The van der Waals surface area contributed by atoms with E-state index in [2.05, 4.69) is 192 Å². The number of aryl methyl sites for hydroxylation is 3. The lowest BCUT2D eigenvalue weighted by Crippen LogP contribution is -2.74. The van der Waals surface area contributed by atoms with Crippen LogP contribution in [0.2, 0.25) is 0 Å². The highest BCUT2D eigenvalue weighted by Gasteiger charge is 2.42. The Hall–Kier alpha value is -5.84. The zero-order valence-corrected chi connectivity index (χ0v) is 31.0. The lowest BCUT2D eigenvalue weighted by atomic mass is 10.1. The fourth-order valence-corrected chi connectivity index (χ4v) is 14.3. The fraction of sp³-hybridized carbons (Fsp3) is 0.125. The number of nitrogens with zero attached hydrogens (tertiary/aromatic N) is 3. The van der Waals surface area contributed by atoms with Crippen LogP contribution in [0.4, 0.5) is 0 Å². The summed E-state index contributed by atoms with van der Waals surface area (Å²) < 4.78 is 7.41. The van der Waals surface area contributed by atoms with Crippen LogP contribution < -0.4 is 20.7 Å². The Bertz CT molecular complexity index is 2690. The van der Waals surface area contributed by atoms with Gasteiger partial charge >= 0.3 is 0 Å². The van der Waals surface area contributed by atoms with E-state index in [0.29, 0.717) is 0 Å². The van der Waals surface area contributed by atoms with Gasteiger partial charge in [0.05, 0.1) is 0 Å². The van der Waals surface area contributed by atoms with Crippen molar-refractivity contribution in [3.63, 3.8) is 0 Å². The van der Waals surface area contributed by atoms with Crippen LogP contribution in [0.15, 0.2) is 158 Å². The summed E-state index contributed by atoms with van der Waals surface area (Å²) in [6.45, 7) is 9.56. The minimum Gasteiger partial charge on any atom is -0.341 e. The van der Waals surface area contributed by atoms with E-state index in [1.807, 2.05) is 0 Å². The maximum absolute atomic E-state index is 2.94. The SMILES string of the molecule is CCn1c2ccccc2c2cc([Si](c3ccccc3)(c3ccc4c(c3)c3ccccc3n4CC)c3ccc4c(c3)c3ccccc3n4CC)ccc21. The van der Waals surface area contributed by atoms with Gasteiger partial charge in [-0.2, -0.15) is 0 Å². The molecule has 52 heavy (non-hydrogen) atoms. The lowest BCUT2D eigenvalue weighted by Gasteiger charge is -2.35. The Morgan fingerprint density at radius 3 is 0.962 bits per heavy atom. The molecule has 0 aliphatic heterocycles. The Balaban J connectivity index is 1.38. The second-order valence-corrected chi connectivity index (χ2v) is 17.9. The average molecular weight is 688 g/mol. The molecule has 0 aliphatic carbocycles. The summed E-state index contributed by atoms with van der Waals surface area (Å²) in [5, 5.41) is 13.6. The van der Waals surface area contributed by atoms with Crippen molar-refractivity contribution in [2.75, 3.05) is 0 Å². The Morgan fingerprint density at radius 2 is 0.615 bits per heavy atom. The van der Waals surface area contributed by atoms with Gasteiger partial charge < -0.3 is 13.7 Å². The number of para-hydroxylation sites is 3. The summed E-state index contributed by atoms with van der Waals surface area (Å²) in [4.78, 5) is 0. The average Bonchev–Trinajstić information content (AvgIpc) is 3.83. The summed E-state index contributed by atoms with van der Waals surface area (Å²) in [7, 11) is -2.94. The van der Waals surface area contributed by atoms with Gasteiger partial charge in [0.1, 0.15) is 0 Å². The fourth-order valence-electron chi connectivity index (χ4n) is 9.57. The quantitative estimate of drug-likeness (QED) is 0.117. The van der Waals surface area contributed by atoms with E-state index >= 15 is 0 Å². The standard InChI is InChI=1S/C48H41N3Si/c1-4-49-43-21-13-10-18-37(43)40-30-34(24-27-46(40)49)52(33-16-8-7-9-17-33,35-25-28-47-41(31-35)38-19-11-14-22-44(38)50(47)5-2)36-26-29-48-42(32-36)39-20-12-15-23-45(39)51(48)6-3/h7-32H,4-6H2,1-3H3. The second-order valence-electron chi connectivity index (χ2n) is 14.1. The van der Waals surface area contributed by atoms with Crippen molar-refractivity contribution in [1.29, 1.82) is 0 Å². The number of hydrogen-bond acceptors (Lipinski definition) is 0. The van der Waals surface area contributed by atoms with Crippen LogP contribution in [0.3, 0.4) is 0 Å². The summed E-state index contributed by atoms with van der Waals surface area (Å²) >= 11 is 0. The highest BCUT2D eigenvalue weighted by atomic mass is 28.3. The van der Waals surface area contributed by atoms with Gasteiger partial charge in [0.2, 0.25) is 0 Å². The summed E-state index contributed by atoms with van der Waals surface area (Å²) in [5.74, 6) is 0. The van der Waals surface area contributed by atoms with Gasteiger partial charge in [0.15, 0.2) is 8.07 Å². The van der Waals surface area contributed by atoms with Gasteiger partial charge in [-0.15, -0.1) is 0 Å². The normalized spacial score (nSPS) is 12.4. The topological polar surface area (TPSA) is 14.8 Å². The van der Waals surface area contributed by atoms with E-state index in [0.717, 1.165) is 19.6 Å². The van der Waals surface area contributed by atoms with Crippen molar-refractivity contribution >= 4 is 94.2 Å². The number of hydrogen-bond donors (Lipinski definition) is 0. The minimum absolute atomic E-state index is 0.931. The first-order valence-corrected chi connectivity index (χ1v) is 20.8. The van der Waals surface area contributed by atoms with Gasteiger partial charge in [-0.25, -0.2) is 0 Å². The van der Waals surface area contributed by atoms with Gasteiger partial charge in [-0.05, 0) is 77.9 Å². The third kappa shape index (κ3) is 4.19. The largest absolute Gasteiger partial charge is 0.341 e. The molecule has 0 spiro atoms. The molecule has 0 aliphatic rings. The zero-order chi connectivity index (χ0) is 35.0. The molecule has 0 N–H and O–H groups in total. The van der Waals surface area contributed by atoms with Crippen molar-refractivity contribution in [3.05, 3.63) is 158 Å². The van der Waals surface area contributed by atoms with Crippen molar-refractivity contribution in [2.24, 2.45) is 0 Å². The van der Waals surface area contributed by atoms with Gasteiger partial charge in [0, 0.05) is 85.1 Å². The summed E-state index contributed by atoms with van der Waals surface area (Å²) in [6, 6.07) is 60.5. The maximum Gasteiger partial charge on any atom is 0.179 e. The molecular weight excluding hydrogens is 647 g/mol. The molecule has 0 bridgehead atoms. The number of benzene rings is 7. The number of fused-ring (bicyclic) bond motifs is 9. The van der Waals surface area contributed by atoms with E-state index < -0.39 is 8.07 Å². The van der Waals surface area contributed by atoms with Crippen LogP contribution in [0.1, 0.15) is 20.8 Å². The molecular formula is C48H41N3Si. The van der Waals surface area contributed by atoms with Gasteiger partial charge in [0.25, 0.3) is 0 Å². The van der Waals surface area contributed by atoms with Crippen LogP contribution in [0.25, 0.3) is 65.4 Å². The molecule has 10 rings (SSSR count). The van der Waals surface area contributed by atoms with E-state index in [-0.39, 0.29) is 0 Å². The Kier molecular flexibility index (Phi) is 7.06. The predicted octanol–water partition coefficient (Wildman–Crippen LogP) is 9.45. The third-order valence-electron chi connectivity index (χ3n) is 11.8. The van der Waals surface area contributed by atoms with Crippen molar-refractivity contribution in [2.45, 2.75) is 40.4 Å². The minimum atomic E-state index is -2.94. The van der Waals surface area contributed by atoms with E-state index in [1.54, 1.807) is 0 Å². The molecule has 7 aromatic carbocycles. The monoisotopic (exact) mass is 687 g/mol. The van der Waals surface area contributed by atoms with E-state index in [9.17, 15) is 0 Å². The molecule has 4 heteroatoms. The first kappa shape index (κ1) is 30.9. The lowest BCUT2D eigenvalue weighted by molar-refractivity contribution is 0.827. The molecule has 3 aromatic heterocycles. The molecule has 3 heterocycles. The van der Waals surface area contributed by atoms with Crippen molar-refractivity contribution in [1.82, 2.24) is 13.7 Å². The molecule has 252 valence electrons. The second kappa shape index (κ2) is 11.9. The van der Waals surface area contributed by atoms with Gasteiger partial charge in [-0.3, -0.25) is 0 Å². The first-order valence-electron chi connectivity index (χ1n) is 18.8. The first-order chi connectivity index (χ1) is 25.7. The summed E-state index contributed by atoms with van der Waals surface area (Å²) in [6.07, 6.45) is 0. The van der Waals surface area contributed by atoms with Crippen molar-refractivity contribution < 1.29 is 0 Å². The predicted molar refractivity (Wildman–Crippen MR) is 226 cm³/mol. The Morgan fingerprint density at radius 1 is 0.308 bits per heavy atom. The smallest absolute Gasteiger partial charge is 0.179 e. The highest BCUT2D eigenvalue weighted by molar-refractivity contribution is 7.20. The number of rotatable bonds is 7. The maximum atomic E-state index is 2.56. The van der Waals surface area contributed by atoms with Gasteiger partial charge in [-0.1, -0.05) is 121 Å².